The molecule has 0 aromatic carbocycles. The first kappa shape index (κ1) is 30.0. The summed E-state index contributed by atoms with van der Waals surface area (Å²) in [5.41, 5.74) is 4.50. The minimum absolute atomic E-state index is 0.842. The topological polar surface area (TPSA) is 38.0 Å². The summed E-state index contributed by atoms with van der Waals surface area (Å²) in [7, 11) is 3.53. The summed E-state index contributed by atoms with van der Waals surface area (Å²) in [6, 6.07) is 0. The molecule has 0 saturated carbocycles. The zero-order valence-corrected chi connectivity index (χ0v) is 18.9. The van der Waals surface area contributed by atoms with Crippen molar-refractivity contribution in [3.8, 4) is 0 Å². The third-order valence-electron chi connectivity index (χ3n) is 4.27. The van der Waals surface area contributed by atoms with Gasteiger partial charge in [-0.3, -0.25) is 0 Å². The minimum Gasteiger partial charge on any atom is -0.333 e. The average molecular weight is 379 g/mol. The summed E-state index contributed by atoms with van der Waals surface area (Å²) in [6.45, 7) is 5.72. The minimum atomic E-state index is 0.842. The number of halogens is 1. The van der Waals surface area contributed by atoms with Gasteiger partial charge in [-0.15, -0.1) is 11.6 Å². The van der Waals surface area contributed by atoms with Crippen molar-refractivity contribution in [1.29, 1.82) is 0 Å². The van der Waals surface area contributed by atoms with Crippen LogP contribution >= 0.6 is 11.6 Å². The van der Waals surface area contributed by atoms with Gasteiger partial charge in [-0.05, 0) is 33.5 Å². The average Bonchev–Trinajstić information content (AvgIpc) is 2.65. The van der Waals surface area contributed by atoms with Gasteiger partial charge in [0, 0.05) is 5.88 Å². The molecule has 0 heterocycles. The Morgan fingerprint density at radius 1 is 0.560 bits per heavy atom. The van der Waals surface area contributed by atoms with E-state index in [-0.39, 0.29) is 0 Å². The Balaban J connectivity index is -0.000000353. The summed E-state index contributed by atoms with van der Waals surface area (Å²) in [5.74, 6) is 0.842. The van der Waals surface area contributed by atoms with Gasteiger partial charge in [0.25, 0.3) is 0 Å². The summed E-state index contributed by atoms with van der Waals surface area (Å²) in [5, 5.41) is 3.18. The van der Waals surface area contributed by atoms with Crippen LogP contribution in [0.3, 0.4) is 0 Å². The van der Waals surface area contributed by atoms with Crippen molar-refractivity contribution < 1.29 is 0 Å². The molecule has 0 fully saturated rings. The molecule has 3 heteroatoms. The molecule has 0 radical (unpaired) electrons. The number of nitrogens with two attached hydrogens (primary N) is 1. The van der Waals surface area contributed by atoms with E-state index in [1.807, 2.05) is 7.05 Å². The molecule has 0 aromatic heterocycles. The molecule has 0 rings (SSSR count). The molecule has 0 saturated heterocycles. The lowest BCUT2D eigenvalue weighted by molar-refractivity contribution is 0.567. The fraction of sp³-hybridized carbons (Fsp3) is 1.00. The van der Waals surface area contributed by atoms with Crippen LogP contribution in [0.5, 0.6) is 0 Å². The molecular weight excluding hydrogens is 328 g/mol. The molecule has 3 N–H and O–H groups in total. The number of hydrogen-bond acceptors (Lipinski definition) is 2. The number of alkyl halides is 1. The van der Waals surface area contributed by atoms with Crippen molar-refractivity contribution in [2.75, 3.05) is 26.5 Å². The van der Waals surface area contributed by atoms with Gasteiger partial charge in [0.05, 0.1) is 0 Å². The third-order valence-corrected chi connectivity index (χ3v) is 4.53. The Bertz CT molecular complexity index is 159. The van der Waals surface area contributed by atoms with E-state index in [2.05, 4.69) is 24.9 Å². The molecule has 0 aliphatic heterocycles. The Hall–Kier alpha value is 0.210. The van der Waals surface area contributed by atoms with Crippen molar-refractivity contribution in [2.24, 2.45) is 5.73 Å². The third kappa shape index (κ3) is 40.3. The zero-order valence-electron chi connectivity index (χ0n) is 18.2. The van der Waals surface area contributed by atoms with Crippen LogP contribution < -0.4 is 11.1 Å². The second-order valence-electron chi connectivity index (χ2n) is 6.74. The van der Waals surface area contributed by atoms with E-state index in [1.165, 1.54) is 116 Å². The van der Waals surface area contributed by atoms with Crippen LogP contribution in [0, 0.1) is 0 Å². The Labute approximate surface area is 166 Å². The van der Waals surface area contributed by atoms with E-state index in [0.717, 1.165) is 5.88 Å². The lowest BCUT2D eigenvalue weighted by Crippen LogP contribution is -2.06. The monoisotopic (exact) mass is 378 g/mol. The number of hydrogen-bond donors (Lipinski definition) is 2. The van der Waals surface area contributed by atoms with Crippen LogP contribution in [-0.2, 0) is 0 Å². The lowest BCUT2D eigenvalue weighted by atomic mass is 10.1. The van der Waals surface area contributed by atoms with Crippen molar-refractivity contribution >= 4 is 11.6 Å². The molecule has 0 amide bonds. The van der Waals surface area contributed by atoms with E-state index < -0.39 is 0 Å². The van der Waals surface area contributed by atoms with Gasteiger partial charge in [0.1, 0.15) is 0 Å². The van der Waals surface area contributed by atoms with Crippen LogP contribution in [0.4, 0.5) is 0 Å². The summed E-state index contributed by atoms with van der Waals surface area (Å²) >= 11 is 5.56. The Kier molecular flexibility index (Phi) is 42.3. The second kappa shape index (κ2) is 35.3. The fourth-order valence-corrected chi connectivity index (χ4v) is 2.85. The maximum absolute atomic E-state index is 5.56. The zero-order chi connectivity index (χ0) is 19.4. The summed E-state index contributed by atoms with van der Waals surface area (Å²) in [6.07, 6.45) is 22.3. The normalized spacial score (nSPS) is 9.84. The van der Waals surface area contributed by atoms with Crippen LogP contribution in [0.15, 0.2) is 0 Å². The van der Waals surface area contributed by atoms with E-state index in [9.17, 15) is 0 Å². The van der Waals surface area contributed by atoms with Gasteiger partial charge in [0.15, 0.2) is 0 Å². The molecule has 25 heavy (non-hydrogen) atoms. The van der Waals surface area contributed by atoms with E-state index in [1.54, 1.807) is 0 Å². The van der Waals surface area contributed by atoms with Crippen LogP contribution in [0.1, 0.15) is 117 Å². The maximum atomic E-state index is 5.56. The molecule has 0 bridgehead atoms. The van der Waals surface area contributed by atoms with Crippen molar-refractivity contribution in [1.82, 2.24) is 5.32 Å². The number of unbranched alkanes of at least 4 members (excludes halogenated alkanes) is 14. The predicted molar refractivity (Wildman–Crippen MR) is 120 cm³/mol. The van der Waals surface area contributed by atoms with Crippen LogP contribution in [0.25, 0.3) is 0 Å². The quantitative estimate of drug-likeness (QED) is 0.206. The molecule has 0 atom stereocenters. The molecule has 0 spiro atoms. The highest BCUT2D eigenvalue weighted by molar-refractivity contribution is 6.17. The van der Waals surface area contributed by atoms with Gasteiger partial charge >= 0.3 is 0 Å². The van der Waals surface area contributed by atoms with Crippen LogP contribution in [-0.4, -0.2) is 26.5 Å². The molecule has 2 nitrogen and oxygen atoms in total. The van der Waals surface area contributed by atoms with E-state index in [0.29, 0.717) is 0 Å². The van der Waals surface area contributed by atoms with Crippen molar-refractivity contribution in [3.63, 3.8) is 0 Å². The highest BCUT2D eigenvalue weighted by Gasteiger charge is 1.90. The standard InChI is InChI=1S/C11H25N.C10H21Cl.CH5N/c1-3-4-5-6-7-8-9-10-11-12-2;1-2-3-4-5-6-7-8-9-10-11;1-2/h12H,3-11H2,1-2H3;2-10H2,1H3;2H2,1H3. The lowest BCUT2D eigenvalue weighted by Gasteiger charge is -2.00. The molecule has 0 aliphatic rings. The molecule has 156 valence electrons. The van der Waals surface area contributed by atoms with Crippen molar-refractivity contribution in [2.45, 2.75) is 117 Å². The summed E-state index contributed by atoms with van der Waals surface area (Å²) < 4.78 is 0. The first-order chi connectivity index (χ1) is 12.3. The largest absolute Gasteiger partial charge is 0.333 e. The van der Waals surface area contributed by atoms with Gasteiger partial charge < -0.3 is 11.1 Å². The SMILES string of the molecule is CCCCCCCCCCCl.CCCCCCCCCCNC.CN. The smallest absolute Gasteiger partial charge is 0.0223 e. The Morgan fingerprint density at radius 3 is 1.20 bits per heavy atom. The van der Waals surface area contributed by atoms with Gasteiger partial charge in [-0.1, -0.05) is 104 Å². The van der Waals surface area contributed by atoms with Gasteiger partial charge in [-0.25, -0.2) is 0 Å². The molecule has 0 aromatic rings. The molecule has 0 aliphatic carbocycles. The highest BCUT2D eigenvalue weighted by Crippen LogP contribution is 2.08. The van der Waals surface area contributed by atoms with Gasteiger partial charge in [-0.2, -0.15) is 0 Å². The predicted octanol–water partition coefficient (Wildman–Crippen LogP) is 7.29. The number of nitrogens with one attached hydrogen (secondary N) is 1. The Morgan fingerprint density at radius 2 is 0.880 bits per heavy atom. The molecule has 0 unspecified atom stereocenters. The summed E-state index contributed by atoms with van der Waals surface area (Å²) in [4.78, 5) is 0. The van der Waals surface area contributed by atoms with Crippen molar-refractivity contribution in [3.05, 3.63) is 0 Å². The maximum Gasteiger partial charge on any atom is 0.0223 e. The van der Waals surface area contributed by atoms with Gasteiger partial charge in [0.2, 0.25) is 0 Å². The highest BCUT2D eigenvalue weighted by atomic mass is 35.5. The number of rotatable bonds is 17. The first-order valence-electron chi connectivity index (χ1n) is 11.1. The first-order valence-corrected chi connectivity index (χ1v) is 11.6. The second-order valence-corrected chi connectivity index (χ2v) is 7.12. The van der Waals surface area contributed by atoms with E-state index >= 15 is 0 Å². The van der Waals surface area contributed by atoms with Crippen LogP contribution in [0.2, 0.25) is 0 Å². The van der Waals surface area contributed by atoms with E-state index in [4.69, 9.17) is 11.6 Å². The fourth-order valence-electron chi connectivity index (χ4n) is 2.66. The molecular formula is C22H51ClN2.